The topological polar surface area (TPSA) is 86.8 Å². The molecule has 0 aromatic heterocycles. The number of rotatable bonds is 11. The van der Waals surface area contributed by atoms with Crippen LogP contribution in [-0.4, -0.2) is 43.8 Å². The van der Waals surface area contributed by atoms with Crippen LogP contribution < -0.4 is 9.62 Å². The number of carbonyl (C=O) groups is 2. The second-order valence-electron chi connectivity index (χ2n) is 9.45. The first kappa shape index (κ1) is 30.3. The second kappa shape index (κ2) is 13.2. The van der Waals surface area contributed by atoms with Gasteiger partial charge in [0.2, 0.25) is 11.8 Å². The van der Waals surface area contributed by atoms with E-state index in [9.17, 15) is 22.4 Å². The van der Waals surface area contributed by atoms with Crippen LogP contribution in [0.3, 0.4) is 0 Å². The highest BCUT2D eigenvalue weighted by atomic mass is 79.9. The van der Waals surface area contributed by atoms with Crippen molar-refractivity contribution in [2.75, 3.05) is 10.8 Å². The zero-order chi connectivity index (χ0) is 28.7. The Balaban J connectivity index is 2.02. The van der Waals surface area contributed by atoms with Crippen molar-refractivity contribution in [3.63, 3.8) is 0 Å². The van der Waals surface area contributed by atoms with E-state index in [0.29, 0.717) is 16.5 Å². The molecule has 0 saturated heterocycles. The van der Waals surface area contributed by atoms with Gasteiger partial charge < -0.3 is 10.2 Å². The highest BCUT2D eigenvalue weighted by Crippen LogP contribution is 2.27. The van der Waals surface area contributed by atoms with Crippen LogP contribution in [0.25, 0.3) is 0 Å². The zero-order valence-electron chi connectivity index (χ0n) is 22.4. The molecule has 208 valence electrons. The highest BCUT2D eigenvalue weighted by molar-refractivity contribution is 9.10. The first-order chi connectivity index (χ1) is 18.4. The average molecular weight is 619 g/mol. The van der Waals surface area contributed by atoms with Crippen molar-refractivity contribution in [3.8, 4) is 0 Å². The molecule has 3 rings (SSSR count). The lowest BCUT2D eigenvalue weighted by molar-refractivity contribution is -0.139. The van der Waals surface area contributed by atoms with Gasteiger partial charge in [-0.3, -0.25) is 13.9 Å². The Morgan fingerprint density at radius 2 is 1.64 bits per heavy atom. The number of nitrogens with one attached hydrogen (secondary N) is 1. The lowest BCUT2D eigenvalue weighted by Gasteiger charge is -2.32. The van der Waals surface area contributed by atoms with Crippen LogP contribution in [0, 0.1) is 12.7 Å². The number of hydrogen-bond acceptors (Lipinski definition) is 4. The molecule has 0 radical (unpaired) electrons. The number of halogens is 2. The quantitative estimate of drug-likeness (QED) is 0.311. The Bertz CT molecular complexity index is 1400. The molecule has 0 aliphatic heterocycles. The van der Waals surface area contributed by atoms with Gasteiger partial charge in [0.25, 0.3) is 10.0 Å². The fraction of sp³-hybridized carbons (Fsp3) is 0.310. The minimum Gasteiger partial charge on any atom is -0.352 e. The molecule has 0 saturated carbocycles. The maximum atomic E-state index is 13.9. The van der Waals surface area contributed by atoms with E-state index in [0.717, 1.165) is 9.87 Å². The summed E-state index contributed by atoms with van der Waals surface area (Å²) in [5.74, 6) is -1.37. The minimum absolute atomic E-state index is 0.00882. The molecule has 2 atom stereocenters. The number of carbonyl (C=O) groups excluding carboxylic acids is 2. The molecule has 3 aromatic rings. The largest absolute Gasteiger partial charge is 0.352 e. The molecule has 0 heterocycles. The van der Waals surface area contributed by atoms with Gasteiger partial charge in [-0.2, -0.15) is 0 Å². The molecule has 7 nitrogen and oxygen atoms in total. The smallest absolute Gasteiger partial charge is 0.264 e. The van der Waals surface area contributed by atoms with Crippen LogP contribution in [-0.2, 0) is 26.2 Å². The molecule has 0 spiro atoms. The number of hydrogen-bond donors (Lipinski definition) is 1. The van der Waals surface area contributed by atoms with Crippen LogP contribution in [0.2, 0.25) is 0 Å². The molecule has 10 heteroatoms. The second-order valence-corrected chi connectivity index (χ2v) is 12.2. The van der Waals surface area contributed by atoms with E-state index >= 15 is 0 Å². The Hall–Kier alpha value is -3.24. The summed E-state index contributed by atoms with van der Waals surface area (Å²) in [5.41, 5.74) is 1.78. The fourth-order valence-corrected chi connectivity index (χ4v) is 5.63. The van der Waals surface area contributed by atoms with E-state index in [1.54, 1.807) is 43.3 Å². The molecule has 0 unspecified atom stereocenters. The third kappa shape index (κ3) is 7.89. The Kier molecular flexibility index (Phi) is 10.3. The summed E-state index contributed by atoms with van der Waals surface area (Å²) in [5, 5.41) is 2.88. The number of benzene rings is 3. The van der Waals surface area contributed by atoms with Crippen LogP contribution in [0.1, 0.15) is 38.3 Å². The molecule has 3 aromatic carbocycles. The number of aryl methyl sites for hydroxylation is 1. The SMILES string of the molecule is CC[C@@H](C)NC(=O)[C@H](C)N(Cc1ccc(F)cc1)C(=O)CN(c1cccc(Br)c1)S(=O)(=O)c1ccc(C)cc1. The molecule has 0 aliphatic rings. The lowest BCUT2D eigenvalue weighted by Crippen LogP contribution is -2.52. The van der Waals surface area contributed by atoms with Crippen LogP contribution in [0.4, 0.5) is 10.1 Å². The molecular weight excluding hydrogens is 585 g/mol. The Labute approximate surface area is 238 Å². The van der Waals surface area contributed by atoms with Crippen LogP contribution in [0.5, 0.6) is 0 Å². The molecule has 0 aliphatic carbocycles. The normalized spacial score (nSPS) is 12.9. The van der Waals surface area contributed by atoms with Crippen molar-refractivity contribution < 1.29 is 22.4 Å². The van der Waals surface area contributed by atoms with Crippen molar-refractivity contribution in [1.82, 2.24) is 10.2 Å². The van der Waals surface area contributed by atoms with E-state index < -0.39 is 34.3 Å². The summed E-state index contributed by atoms with van der Waals surface area (Å²) in [6.07, 6.45) is 0.704. The summed E-state index contributed by atoms with van der Waals surface area (Å²) in [4.78, 5) is 28.3. The van der Waals surface area contributed by atoms with E-state index in [1.165, 1.54) is 41.3 Å². The van der Waals surface area contributed by atoms with Crippen LogP contribution >= 0.6 is 15.9 Å². The van der Waals surface area contributed by atoms with E-state index in [4.69, 9.17) is 0 Å². The summed E-state index contributed by atoms with van der Waals surface area (Å²) >= 11 is 3.38. The average Bonchev–Trinajstić information content (AvgIpc) is 2.90. The lowest BCUT2D eigenvalue weighted by atomic mass is 10.1. The zero-order valence-corrected chi connectivity index (χ0v) is 24.8. The van der Waals surface area contributed by atoms with Crippen molar-refractivity contribution in [2.24, 2.45) is 0 Å². The Morgan fingerprint density at radius 3 is 2.23 bits per heavy atom. The molecule has 1 N–H and O–H groups in total. The summed E-state index contributed by atoms with van der Waals surface area (Å²) < 4.78 is 42.9. The first-order valence-corrected chi connectivity index (χ1v) is 14.8. The van der Waals surface area contributed by atoms with Crippen molar-refractivity contribution >= 4 is 43.5 Å². The van der Waals surface area contributed by atoms with Gasteiger partial charge in [0.05, 0.1) is 10.6 Å². The van der Waals surface area contributed by atoms with E-state index in [-0.39, 0.29) is 29.1 Å². The number of anilines is 1. The van der Waals surface area contributed by atoms with Gasteiger partial charge in [-0.15, -0.1) is 0 Å². The van der Waals surface area contributed by atoms with Crippen molar-refractivity contribution in [3.05, 3.63) is 94.2 Å². The van der Waals surface area contributed by atoms with Gasteiger partial charge in [0.1, 0.15) is 18.4 Å². The van der Waals surface area contributed by atoms with Gasteiger partial charge >= 0.3 is 0 Å². The van der Waals surface area contributed by atoms with Crippen molar-refractivity contribution in [1.29, 1.82) is 0 Å². The Morgan fingerprint density at radius 1 is 1.00 bits per heavy atom. The van der Waals surface area contributed by atoms with Gasteiger partial charge in [-0.1, -0.05) is 58.7 Å². The predicted octanol–water partition coefficient (Wildman–Crippen LogP) is 5.42. The number of nitrogens with zero attached hydrogens (tertiary/aromatic N) is 2. The first-order valence-electron chi connectivity index (χ1n) is 12.6. The molecule has 2 amide bonds. The number of sulfonamides is 1. The van der Waals surface area contributed by atoms with Crippen molar-refractivity contribution in [2.45, 2.75) is 57.6 Å². The monoisotopic (exact) mass is 617 g/mol. The van der Waals surface area contributed by atoms with Gasteiger partial charge in [0, 0.05) is 17.1 Å². The maximum absolute atomic E-state index is 13.9. The fourth-order valence-electron chi connectivity index (χ4n) is 3.83. The summed E-state index contributed by atoms with van der Waals surface area (Å²) in [6, 6.07) is 17.6. The van der Waals surface area contributed by atoms with Gasteiger partial charge in [0.15, 0.2) is 0 Å². The predicted molar refractivity (Wildman–Crippen MR) is 154 cm³/mol. The third-order valence-corrected chi connectivity index (χ3v) is 8.70. The summed E-state index contributed by atoms with van der Waals surface area (Å²) in [7, 11) is -4.15. The maximum Gasteiger partial charge on any atom is 0.264 e. The molecule has 39 heavy (non-hydrogen) atoms. The minimum atomic E-state index is -4.15. The van der Waals surface area contributed by atoms with Gasteiger partial charge in [-0.25, -0.2) is 12.8 Å². The number of amides is 2. The molecule has 0 fully saturated rings. The van der Waals surface area contributed by atoms with Crippen LogP contribution in [0.15, 0.2) is 82.2 Å². The van der Waals surface area contributed by atoms with E-state index in [1.807, 2.05) is 20.8 Å². The standard InChI is InChI=1S/C29H33BrFN3O4S/c1-5-21(3)32-29(36)22(4)33(18-23-11-13-25(31)14-12-23)28(35)19-34(26-8-6-7-24(30)17-26)39(37,38)27-15-9-20(2)10-16-27/h6-17,21-22H,5,18-19H2,1-4H3,(H,32,36)/t21-,22+/m1/s1. The molecule has 0 bridgehead atoms. The highest BCUT2D eigenvalue weighted by Gasteiger charge is 2.32. The van der Waals surface area contributed by atoms with E-state index in [2.05, 4.69) is 21.2 Å². The molecular formula is C29H33BrFN3O4S. The van der Waals surface area contributed by atoms with Gasteiger partial charge in [-0.05, 0) is 75.2 Å². The summed E-state index contributed by atoms with van der Waals surface area (Å²) in [6.45, 7) is 6.69. The third-order valence-electron chi connectivity index (χ3n) is 6.42.